The molecule has 1 rings (SSSR count). The molecule has 15 heavy (non-hydrogen) atoms. The number of nitrogens with zero attached hydrogens (tertiary/aromatic N) is 1. The van der Waals surface area contributed by atoms with E-state index in [4.69, 9.17) is 10.5 Å². The third-order valence-corrected chi connectivity index (χ3v) is 2.44. The molecule has 0 aliphatic carbocycles. The summed E-state index contributed by atoms with van der Waals surface area (Å²) in [5, 5.41) is 3.25. The number of hydrogen-bond donors (Lipinski definition) is 2. The summed E-state index contributed by atoms with van der Waals surface area (Å²) >= 11 is 0. The number of nitrogens with one attached hydrogen (secondary N) is 1. The maximum Gasteiger partial charge on any atom is 0.409 e. The van der Waals surface area contributed by atoms with Crippen LogP contribution in [0.3, 0.4) is 0 Å². The van der Waals surface area contributed by atoms with E-state index in [1.165, 1.54) is 0 Å². The molecule has 1 aliphatic heterocycles. The number of nitrogens with two attached hydrogens (primary N) is 1. The van der Waals surface area contributed by atoms with Crippen molar-refractivity contribution in [2.75, 3.05) is 32.8 Å². The normalized spacial score (nSPS) is 16.3. The van der Waals surface area contributed by atoms with Gasteiger partial charge in [-0.25, -0.2) is 4.79 Å². The van der Waals surface area contributed by atoms with Crippen LogP contribution in [0.2, 0.25) is 0 Å². The molecule has 1 aliphatic rings. The second-order valence-corrected chi connectivity index (χ2v) is 3.81. The van der Waals surface area contributed by atoms with Crippen molar-refractivity contribution < 1.29 is 9.53 Å². The average Bonchev–Trinajstić information content (AvgIpc) is 2.16. The average molecular weight is 215 g/mol. The fourth-order valence-electron chi connectivity index (χ4n) is 1.44. The highest BCUT2D eigenvalue weighted by atomic mass is 16.6. The first-order valence-corrected chi connectivity index (χ1v) is 5.63. The standard InChI is InChI=1S/C10H21N3O2/c1-2-3-6-15-10(14)13-7-9(8-13)12-5-4-11/h9,12H,2-8,11H2,1H3. The predicted octanol–water partition coefficient (Wildman–Crippen LogP) is 0.156. The maximum absolute atomic E-state index is 11.4. The Hall–Kier alpha value is -0.810. The van der Waals surface area contributed by atoms with Gasteiger partial charge in [0.2, 0.25) is 0 Å². The first-order valence-electron chi connectivity index (χ1n) is 5.63. The molecule has 0 atom stereocenters. The molecule has 0 aromatic carbocycles. The lowest BCUT2D eigenvalue weighted by molar-refractivity contribution is 0.0646. The maximum atomic E-state index is 11.4. The highest BCUT2D eigenvalue weighted by Gasteiger charge is 2.30. The molecule has 1 saturated heterocycles. The molecule has 5 heteroatoms. The van der Waals surface area contributed by atoms with E-state index < -0.39 is 0 Å². The van der Waals surface area contributed by atoms with Crippen LogP contribution in [0, 0.1) is 0 Å². The van der Waals surface area contributed by atoms with Gasteiger partial charge in [0, 0.05) is 32.2 Å². The number of likely N-dealkylation sites (tertiary alicyclic amines) is 1. The number of rotatable bonds is 6. The molecule has 5 nitrogen and oxygen atoms in total. The SMILES string of the molecule is CCCCOC(=O)N1CC(NCCN)C1. The van der Waals surface area contributed by atoms with Crippen LogP contribution in [0.25, 0.3) is 0 Å². The number of ether oxygens (including phenoxy) is 1. The van der Waals surface area contributed by atoms with Gasteiger partial charge in [-0.15, -0.1) is 0 Å². The Bertz CT molecular complexity index is 193. The summed E-state index contributed by atoms with van der Waals surface area (Å²) in [6.45, 7) is 5.54. The third-order valence-electron chi connectivity index (χ3n) is 2.44. The summed E-state index contributed by atoms with van der Waals surface area (Å²) in [5.41, 5.74) is 5.36. The smallest absolute Gasteiger partial charge is 0.409 e. The molecular weight excluding hydrogens is 194 g/mol. The minimum atomic E-state index is -0.186. The summed E-state index contributed by atoms with van der Waals surface area (Å²) in [6, 6.07) is 0.396. The zero-order valence-electron chi connectivity index (χ0n) is 9.37. The van der Waals surface area contributed by atoms with Crippen molar-refractivity contribution in [3.63, 3.8) is 0 Å². The Morgan fingerprint density at radius 3 is 2.93 bits per heavy atom. The van der Waals surface area contributed by atoms with Crippen molar-refractivity contribution >= 4 is 6.09 Å². The van der Waals surface area contributed by atoms with Crippen LogP contribution in [0.15, 0.2) is 0 Å². The summed E-state index contributed by atoms with van der Waals surface area (Å²) < 4.78 is 5.07. The van der Waals surface area contributed by atoms with Gasteiger partial charge < -0.3 is 20.7 Å². The molecule has 0 aromatic heterocycles. The van der Waals surface area contributed by atoms with Gasteiger partial charge in [-0.05, 0) is 6.42 Å². The van der Waals surface area contributed by atoms with E-state index in [1.54, 1.807) is 4.90 Å². The zero-order valence-corrected chi connectivity index (χ0v) is 9.37. The molecule has 0 spiro atoms. The zero-order chi connectivity index (χ0) is 11.1. The van der Waals surface area contributed by atoms with Crippen LogP contribution in [-0.2, 0) is 4.74 Å². The molecule has 0 saturated carbocycles. The second-order valence-electron chi connectivity index (χ2n) is 3.81. The molecule has 88 valence electrons. The fourth-order valence-corrected chi connectivity index (χ4v) is 1.44. The van der Waals surface area contributed by atoms with E-state index in [1.807, 2.05) is 0 Å². The van der Waals surface area contributed by atoms with Crippen molar-refractivity contribution in [1.82, 2.24) is 10.2 Å². The molecule has 0 aromatic rings. The van der Waals surface area contributed by atoms with Crippen LogP contribution < -0.4 is 11.1 Å². The van der Waals surface area contributed by atoms with Crippen molar-refractivity contribution in [3.8, 4) is 0 Å². The molecule has 0 bridgehead atoms. The molecular formula is C10H21N3O2. The number of hydrogen-bond acceptors (Lipinski definition) is 4. The molecule has 1 amide bonds. The topological polar surface area (TPSA) is 67.6 Å². The first-order chi connectivity index (χ1) is 7.27. The number of amides is 1. The molecule has 1 fully saturated rings. The minimum Gasteiger partial charge on any atom is -0.449 e. The third kappa shape index (κ3) is 4.05. The van der Waals surface area contributed by atoms with Crippen LogP contribution in [0.4, 0.5) is 4.79 Å². The highest BCUT2D eigenvalue weighted by Crippen LogP contribution is 2.09. The Kier molecular flexibility index (Phi) is 5.42. The molecule has 3 N–H and O–H groups in total. The van der Waals surface area contributed by atoms with Gasteiger partial charge >= 0.3 is 6.09 Å². The second kappa shape index (κ2) is 6.63. The Morgan fingerprint density at radius 2 is 2.33 bits per heavy atom. The largest absolute Gasteiger partial charge is 0.449 e. The van der Waals surface area contributed by atoms with Crippen LogP contribution in [0.1, 0.15) is 19.8 Å². The van der Waals surface area contributed by atoms with Gasteiger partial charge in [-0.2, -0.15) is 0 Å². The molecule has 0 unspecified atom stereocenters. The van der Waals surface area contributed by atoms with Crippen molar-refractivity contribution in [1.29, 1.82) is 0 Å². The van der Waals surface area contributed by atoms with Gasteiger partial charge in [0.15, 0.2) is 0 Å². The fraction of sp³-hybridized carbons (Fsp3) is 0.900. The molecule has 1 heterocycles. The van der Waals surface area contributed by atoms with Gasteiger partial charge in [-0.3, -0.25) is 0 Å². The minimum absolute atomic E-state index is 0.186. The van der Waals surface area contributed by atoms with Crippen LogP contribution in [0.5, 0.6) is 0 Å². The quantitative estimate of drug-likeness (QED) is 0.619. The summed E-state index contributed by atoms with van der Waals surface area (Å²) in [5.74, 6) is 0. The summed E-state index contributed by atoms with van der Waals surface area (Å²) in [7, 11) is 0. The summed E-state index contributed by atoms with van der Waals surface area (Å²) in [6.07, 6.45) is 1.80. The van der Waals surface area contributed by atoms with E-state index in [9.17, 15) is 4.79 Å². The van der Waals surface area contributed by atoms with Crippen LogP contribution in [-0.4, -0.2) is 49.8 Å². The van der Waals surface area contributed by atoms with Gasteiger partial charge in [0.25, 0.3) is 0 Å². The Morgan fingerprint density at radius 1 is 1.60 bits per heavy atom. The lowest BCUT2D eigenvalue weighted by Crippen LogP contribution is -2.60. The van der Waals surface area contributed by atoms with E-state index in [2.05, 4.69) is 12.2 Å². The Balaban J connectivity index is 2.02. The van der Waals surface area contributed by atoms with Crippen molar-refractivity contribution in [3.05, 3.63) is 0 Å². The number of carbonyl (C=O) groups is 1. The van der Waals surface area contributed by atoms with Crippen molar-refractivity contribution in [2.24, 2.45) is 5.73 Å². The number of unbranched alkanes of at least 4 members (excludes halogenated alkanes) is 1. The van der Waals surface area contributed by atoms with E-state index in [0.29, 0.717) is 19.2 Å². The lowest BCUT2D eigenvalue weighted by atomic mass is 10.1. The monoisotopic (exact) mass is 215 g/mol. The lowest BCUT2D eigenvalue weighted by Gasteiger charge is -2.38. The Labute approximate surface area is 90.9 Å². The number of carbonyl (C=O) groups excluding carboxylic acids is 1. The predicted molar refractivity (Wildman–Crippen MR) is 58.7 cm³/mol. The van der Waals surface area contributed by atoms with Gasteiger partial charge in [0.05, 0.1) is 6.61 Å². The van der Waals surface area contributed by atoms with E-state index in [-0.39, 0.29) is 6.09 Å². The van der Waals surface area contributed by atoms with Gasteiger partial charge in [-0.1, -0.05) is 13.3 Å². The van der Waals surface area contributed by atoms with E-state index in [0.717, 1.165) is 32.5 Å². The first kappa shape index (κ1) is 12.3. The van der Waals surface area contributed by atoms with Gasteiger partial charge in [0.1, 0.15) is 0 Å². The molecule has 0 radical (unpaired) electrons. The van der Waals surface area contributed by atoms with Crippen molar-refractivity contribution in [2.45, 2.75) is 25.8 Å². The highest BCUT2D eigenvalue weighted by molar-refractivity contribution is 5.68. The van der Waals surface area contributed by atoms with Crippen LogP contribution >= 0.6 is 0 Å². The van der Waals surface area contributed by atoms with E-state index >= 15 is 0 Å². The summed E-state index contributed by atoms with van der Waals surface area (Å²) in [4.78, 5) is 13.1.